The Labute approximate surface area is 104 Å². The molecule has 0 fully saturated rings. The van der Waals surface area contributed by atoms with Crippen LogP contribution in [0.4, 0.5) is 0 Å². The second-order valence-electron chi connectivity index (χ2n) is 4.30. The van der Waals surface area contributed by atoms with Gasteiger partial charge in [0.1, 0.15) is 12.0 Å². The lowest BCUT2D eigenvalue weighted by Gasteiger charge is -2.07. The molecule has 0 aliphatic heterocycles. The number of carbonyl (C=O) groups is 1. The van der Waals surface area contributed by atoms with Gasteiger partial charge in [-0.05, 0) is 38.0 Å². The van der Waals surface area contributed by atoms with Crippen molar-refractivity contribution in [2.24, 2.45) is 0 Å². The molecule has 0 spiro atoms. The summed E-state index contributed by atoms with van der Waals surface area (Å²) in [5.41, 5.74) is 3.84. The molecule has 3 rings (SSSR count). The third-order valence-corrected chi connectivity index (χ3v) is 3.14. The molecule has 18 heavy (non-hydrogen) atoms. The highest BCUT2D eigenvalue weighted by molar-refractivity contribution is 5.70. The zero-order chi connectivity index (χ0) is 12.7. The maximum Gasteiger partial charge on any atom is 0.144 e. The molecule has 1 aliphatic rings. The van der Waals surface area contributed by atoms with Crippen molar-refractivity contribution in [3.63, 3.8) is 0 Å². The van der Waals surface area contributed by atoms with Gasteiger partial charge in [-0.3, -0.25) is 4.79 Å². The highest BCUT2D eigenvalue weighted by Crippen LogP contribution is 2.28. The second kappa shape index (κ2) is 3.77. The van der Waals surface area contributed by atoms with E-state index in [1.807, 2.05) is 22.4 Å². The molecule has 0 saturated carbocycles. The molecule has 2 heterocycles. The molecule has 5 heteroatoms. The standard InChI is InChI=1S/C13H12N4O/c1-10(8-11(9-14)6-7-18)15-16-12-4-2-3-5-13(12)17(15)16/h2,4,6-8H,3,5H2,1H3/b10-8+,11-6+. The van der Waals surface area contributed by atoms with E-state index in [0.717, 1.165) is 18.5 Å². The van der Waals surface area contributed by atoms with Crippen molar-refractivity contribution in [2.75, 3.05) is 0 Å². The van der Waals surface area contributed by atoms with Gasteiger partial charge in [0, 0.05) is 0 Å². The number of hydrogen-bond acceptors (Lipinski definition) is 2. The number of nitriles is 1. The van der Waals surface area contributed by atoms with Gasteiger partial charge < -0.3 is 0 Å². The summed E-state index contributed by atoms with van der Waals surface area (Å²) in [5, 5.41) is 8.87. The molecule has 0 atom stereocenters. The predicted molar refractivity (Wildman–Crippen MR) is 67.1 cm³/mol. The zero-order valence-electron chi connectivity index (χ0n) is 10.00. The van der Waals surface area contributed by atoms with Gasteiger partial charge in [-0.15, -0.1) is 4.63 Å². The summed E-state index contributed by atoms with van der Waals surface area (Å²) in [4.78, 5) is 12.4. The Hall–Kier alpha value is -2.48. The van der Waals surface area contributed by atoms with Gasteiger partial charge in [0.15, 0.2) is 0 Å². The summed E-state index contributed by atoms with van der Waals surface area (Å²) >= 11 is 0. The Balaban J connectivity index is 1.95. The van der Waals surface area contributed by atoms with Crippen LogP contribution in [0.2, 0.25) is 0 Å². The van der Waals surface area contributed by atoms with E-state index in [-0.39, 0.29) is 0 Å². The second-order valence-corrected chi connectivity index (χ2v) is 4.30. The van der Waals surface area contributed by atoms with Crippen LogP contribution < -0.4 is 0 Å². The summed E-state index contributed by atoms with van der Waals surface area (Å²) in [6.45, 7) is 1.92. The fraction of sp³-hybridized carbons (Fsp3) is 0.231. The van der Waals surface area contributed by atoms with Crippen molar-refractivity contribution in [3.8, 4) is 6.07 Å². The van der Waals surface area contributed by atoms with Crippen molar-refractivity contribution in [1.29, 1.82) is 5.26 Å². The Morgan fingerprint density at radius 3 is 3.00 bits per heavy atom. The van der Waals surface area contributed by atoms with Crippen LogP contribution in [-0.4, -0.2) is 20.3 Å². The summed E-state index contributed by atoms with van der Waals surface area (Å²) in [7, 11) is 0. The first-order chi connectivity index (χ1) is 8.77. The molecule has 2 aromatic rings. The average Bonchev–Trinajstić information content (AvgIpc) is 3.04. The number of aldehydes is 1. The highest BCUT2D eigenvalue weighted by Gasteiger charge is 2.29. The van der Waals surface area contributed by atoms with Crippen molar-refractivity contribution in [2.45, 2.75) is 19.8 Å². The van der Waals surface area contributed by atoms with E-state index in [2.05, 4.69) is 16.8 Å². The van der Waals surface area contributed by atoms with Crippen molar-refractivity contribution < 1.29 is 4.79 Å². The lowest BCUT2D eigenvalue weighted by atomic mass is 10.1. The lowest BCUT2D eigenvalue weighted by Crippen LogP contribution is -2.06. The molecule has 90 valence electrons. The maximum absolute atomic E-state index is 10.4. The molecule has 2 aromatic heterocycles. The van der Waals surface area contributed by atoms with Gasteiger partial charge >= 0.3 is 0 Å². The fourth-order valence-electron chi connectivity index (χ4n) is 2.31. The number of rotatable bonds is 3. The predicted octanol–water partition coefficient (Wildman–Crippen LogP) is 1.75. The minimum absolute atomic E-state index is 0.365. The van der Waals surface area contributed by atoms with Gasteiger partial charge in [0.25, 0.3) is 0 Å². The number of allylic oxidation sites excluding steroid dienone is 5. The van der Waals surface area contributed by atoms with E-state index < -0.39 is 0 Å². The molecular formula is C13H12N4O. The van der Waals surface area contributed by atoms with E-state index in [1.165, 1.54) is 17.5 Å². The van der Waals surface area contributed by atoms with E-state index in [0.29, 0.717) is 11.9 Å². The summed E-state index contributed by atoms with van der Waals surface area (Å²) < 4.78 is 4.13. The van der Waals surface area contributed by atoms with E-state index in [9.17, 15) is 4.79 Å². The molecule has 0 amide bonds. The number of hydrogen-bond donors (Lipinski definition) is 0. The van der Waals surface area contributed by atoms with Crippen LogP contribution in [0, 0.1) is 11.3 Å². The molecular weight excluding hydrogens is 228 g/mol. The van der Waals surface area contributed by atoms with Crippen LogP contribution in [0.15, 0.2) is 23.8 Å². The maximum atomic E-state index is 10.4. The number of nitrogens with zero attached hydrogens (tertiary/aromatic N) is 4. The number of fused-ring (bicyclic) bond motifs is 4. The Morgan fingerprint density at radius 1 is 1.50 bits per heavy atom. The van der Waals surface area contributed by atoms with Crippen LogP contribution in [0.5, 0.6) is 0 Å². The highest BCUT2D eigenvalue weighted by atomic mass is 16.1. The quantitative estimate of drug-likeness (QED) is 0.355. The lowest BCUT2D eigenvalue weighted by molar-refractivity contribution is -0.104. The van der Waals surface area contributed by atoms with Gasteiger partial charge in [-0.2, -0.15) is 14.7 Å². The van der Waals surface area contributed by atoms with Crippen LogP contribution >= 0.6 is 0 Å². The molecule has 0 radical (unpaired) electrons. The first kappa shape index (κ1) is 10.7. The monoisotopic (exact) mass is 240 g/mol. The van der Waals surface area contributed by atoms with Crippen molar-refractivity contribution >= 4 is 18.1 Å². The van der Waals surface area contributed by atoms with Crippen LogP contribution in [0.3, 0.4) is 0 Å². The Kier molecular flexibility index (Phi) is 2.23. The number of aryl methyl sites for hydroxylation is 1. The summed E-state index contributed by atoms with van der Waals surface area (Å²) in [5.74, 6) is 0. The average molecular weight is 240 g/mol. The molecule has 0 aromatic carbocycles. The van der Waals surface area contributed by atoms with Crippen LogP contribution in [0.25, 0.3) is 11.8 Å². The molecule has 5 nitrogen and oxygen atoms in total. The van der Waals surface area contributed by atoms with E-state index in [4.69, 9.17) is 5.26 Å². The number of carbonyl (C=O) groups excluding carboxylic acids is 1. The van der Waals surface area contributed by atoms with Gasteiger partial charge in [-0.25, -0.2) is 0 Å². The topological polar surface area (TPSA) is 54.6 Å². The van der Waals surface area contributed by atoms with Gasteiger partial charge in [0.05, 0.1) is 23.0 Å². The fourth-order valence-corrected chi connectivity index (χ4v) is 2.31. The molecule has 0 bridgehead atoms. The van der Waals surface area contributed by atoms with E-state index in [1.54, 1.807) is 6.08 Å². The van der Waals surface area contributed by atoms with E-state index >= 15 is 0 Å². The first-order valence-corrected chi connectivity index (χ1v) is 5.81. The largest absolute Gasteiger partial charge is 0.299 e. The molecule has 0 N–H and O–H groups in total. The minimum Gasteiger partial charge on any atom is -0.299 e. The van der Waals surface area contributed by atoms with Crippen molar-refractivity contribution in [1.82, 2.24) is 14.1 Å². The Bertz CT molecular complexity index is 726. The van der Waals surface area contributed by atoms with Crippen LogP contribution in [0.1, 0.15) is 24.7 Å². The SMILES string of the molecule is C/C(=C\C(C#N)=C/C=O)n1n2c3c(n12)CCC=C3. The van der Waals surface area contributed by atoms with Crippen LogP contribution in [-0.2, 0) is 11.2 Å². The number of aromatic nitrogens is 3. The normalized spacial score (nSPS) is 16.2. The zero-order valence-corrected chi connectivity index (χ0v) is 10.00. The Morgan fingerprint density at radius 2 is 2.33 bits per heavy atom. The smallest absolute Gasteiger partial charge is 0.144 e. The molecule has 0 saturated heterocycles. The van der Waals surface area contributed by atoms with Gasteiger partial charge in [-0.1, -0.05) is 6.08 Å². The van der Waals surface area contributed by atoms with Gasteiger partial charge in [0.2, 0.25) is 0 Å². The minimum atomic E-state index is 0.365. The third-order valence-electron chi connectivity index (χ3n) is 3.14. The molecule has 1 aliphatic carbocycles. The third kappa shape index (κ3) is 1.36. The van der Waals surface area contributed by atoms with Crippen molar-refractivity contribution in [3.05, 3.63) is 35.2 Å². The summed E-state index contributed by atoms with van der Waals surface area (Å²) in [6.07, 6.45) is 10.0. The summed E-state index contributed by atoms with van der Waals surface area (Å²) in [6, 6.07) is 1.99. The molecule has 0 unspecified atom stereocenters. The first-order valence-electron chi connectivity index (χ1n) is 5.81.